The molecule has 1 rings (SSSR count). The maximum Gasteiger partial charge on any atom is 1.00 e. The molecule has 1 amide bonds. The number of carbonyl (C=O) groups is 1. The van der Waals surface area contributed by atoms with Gasteiger partial charge in [-0.05, 0) is 19.6 Å². The van der Waals surface area contributed by atoms with E-state index in [-0.39, 0.29) is 29.6 Å². The summed E-state index contributed by atoms with van der Waals surface area (Å²) in [4.78, 5) is 12.0. The fourth-order valence-corrected chi connectivity index (χ4v) is 1.85. The molecule has 1 saturated carbocycles. The van der Waals surface area contributed by atoms with Crippen LogP contribution in [0.4, 0.5) is 0 Å². The van der Waals surface area contributed by atoms with E-state index in [1.807, 2.05) is 0 Å². The average molecular weight is 250 g/mol. The van der Waals surface area contributed by atoms with E-state index in [9.17, 15) is 4.79 Å². The number of nitrogens with zero attached hydrogens (tertiary/aromatic N) is 2. The second-order valence-corrected chi connectivity index (χ2v) is 4.16. The first-order chi connectivity index (χ1) is 7.85. The van der Waals surface area contributed by atoms with Crippen molar-refractivity contribution in [1.29, 1.82) is 0 Å². The number of hydrogen-bond acceptors (Lipinski definition) is 2. The molecular weight excluding hydrogens is 223 g/mol. The molecule has 0 aromatic rings. The third kappa shape index (κ3) is 14.4. The summed E-state index contributed by atoms with van der Waals surface area (Å²) >= 11 is 0. The first kappa shape index (κ1) is 19.8. The predicted molar refractivity (Wildman–Crippen MR) is 69.8 cm³/mol. The minimum atomic E-state index is 0. The van der Waals surface area contributed by atoms with Crippen LogP contribution in [0.2, 0.25) is 0 Å². The maximum atomic E-state index is 9.78. The zero-order chi connectivity index (χ0) is 12.1. The van der Waals surface area contributed by atoms with Crippen LogP contribution in [0.1, 0.15) is 52.4 Å². The monoisotopic (exact) mass is 250 g/mol. The smallest absolute Gasteiger partial charge is 0.655 e. The van der Waals surface area contributed by atoms with E-state index in [0.717, 1.165) is 19.6 Å². The Morgan fingerprint density at radius 1 is 1.00 bits per heavy atom. The molecule has 3 nitrogen and oxygen atoms in total. The van der Waals surface area contributed by atoms with Crippen LogP contribution >= 0.6 is 0 Å². The van der Waals surface area contributed by atoms with Crippen molar-refractivity contribution in [1.82, 2.24) is 4.90 Å². The Morgan fingerprint density at radius 2 is 1.41 bits per heavy atom. The van der Waals surface area contributed by atoms with Crippen molar-refractivity contribution in [2.45, 2.75) is 52.4 Å². The largest absolute Gasteiger partial charge is 1.00 e. The molecular formula is C13H27N2NaO. The normalized spacial score (nSPS) is 14.3. The Balaban J connectivity index is 0. The molecule has 0 spiro atoms. The molecule has 0 bridgehead atoms. The van der Waals surface area contributed by atoms with E-state index in [1.54, 1.807) is 0 Å². The van der Waals surface area contributed by atoms with Gasteiger partial charge in [0.2, 0.25) is 0 Å². The summed E-state index contributed by atoms with van der Waals surface area (Å²) in [5, 5.41) is 3.59. The van der Waals surface area contributed by atoms with Gasteiger partial charge < -0.3 is 15.0 Å². The van der Waals surface area contributed by atoms with E-state index >= 15 is 0 Å². The maximum absolute atomic E-state index is 9.78. The van der Waals surface area contributed by atoms with Crippen molar-refractivity contribution in [3.8, 4) is 0 Å². The van der Waals surface area contributed by atoms with Crippen LogP contribution in [-0.2, 0) is 4.79 Å². The number of amides is 1. The third-order valence-electron chi connectivity index (χ3n) is 3.01. The number of hydrogen-bond donors (Lipinski definition) is 0. The molecule has 1 aliphatic rings. The van der Waals surface area contributed by atoms with Gasteiger partial charge in [0.25, 0.3) is 0 Å². The van der Waals surface area contributed by atoms with Crippen LogP contribution < -0.4 is 29.6 Å². The fraction of sp³-hybridized carbons (Fsp3) is 0.923. The van der Waals surface area contributed by atoms with Gasteiger partial charge in [-0.2, -0.15) is 0 Å². The van der Waals surface area contributed by atoms with Gasteiger partial charge in [0.1, 0.15) is 0 Å². The first-order valence-electron chi connectivity index (χ1n) is 6.67. The minimum Gasteiger partial charge on any atom is -0.655 e. The molecule has 0 aromatic carbocycles. The molecule has 0 aliphatic heterocycles. The van der Waals surface area contributed by atoms with Gasteiger partial charge in [0, 0.05) is 6.41 Å². The van der Waals surface area contributed by atoms with Crippen LogP contribution in [0.25, 0.3) is 5.32 Å². The summed E-state index contributed by atoms with van der Waals surface area (Å²) < 4.78 is 0. The molecule has 0 unspecified atom stereocenters. The Hall–Kier alpha value is 0.430. The minimum absolute atomic E-state index is 0. The molecule has 1 fully saturated rings. The second-order valence-electron chi connectivity index (χ2n) is 4.16. The van der Waals surface area contributed by atoms with Crippen molar-refractivity contribution in [3.63, 3.8) is 0 Å². The molecule has 17 heavy (non-hydrogen) atoms. The number of likely N-dealkylation sites (N-methyl/N-ethyl adjacent to an activating group) is 1. The number of rotatable bonds is 6. The molecule has 1 aliphatic carbocycles. The quantitative estimate of drug-likeness (QED) is 0.383. The van der Waals surface area contributed by atoms with Gasteiger partial charge >= 0.3 is 29.6 Å². The third-order valence-corrected chi connectivity index (χ3v) is 3.01. The van der Waals surface area contributed by atoms with Crippen LogP contribution in [0.15, 0.2) is 0 Å². The predicted octanol–water partition coefficient (Wildman–Crippen LogP) is 0.203. The van der Waals surface area contributed by atoms with E-state index < -0.39 is 0 Å². The van der Waals surface area contributed by atoms with Gasteiger partial charge in [-0.1, -0.05) is 52.4 Å². The summed E-state index contributed by atoms with van der Waals surface area (Å²) in [5.41, 5.74) is 0. The molecule has 0 saturated heterocycles. The zero-order valence-corrected chi connectivity index (χ0v) is 14.0. The summed E-state index contributed by atoms with van der Waals surface area (Å²) in [7, 11) is 0. The SMILES string of the molecule is C1CCCCC1.CCN(CC)CC[N-]C=O.[Na+]. The molecule has 0 atom stereocenters. The summed E-state index contributed by atoms with van der Waals surface area (Å²) in [6, 6.07) is 0. The zero-order valence-electron chi connectivity index (χ0n) is 12.0. The molecule has 0 radical (unpaired) electrons. The first-order valence-corrected chi connectivity index (χ1v) is 6.67. The molecule has 0 heterocycles. The Bertz CT molecular complexity index is 137. The fourth-order valence-electron chi connectivity index (χ4n) is 1.85. The van der Waals surface area contributed by atoms with Gasteiger partial charge in [0.15, 0.2) is 0 Å². The van der Waals surface area contributed by atoms with E-state index in [1.165, 1.54) is 38.5 Å². The topological polar surface area (TPSA) is 34.4 Å². The van der Waals surface area contributed by atoms with Crippen LogP contribution in [0.3, 0.4) is 0 Å². The second kappa shape index (κ2) is 16.4. The molecule has 0 aromatic heterocycles. The van der Waals surface area contributed by atoms with Crippen molar-refractivity contribution < 1.29 is 34.4 Å². The summed E-state index contributed by atoms with van der Waals surface area (Å²) in [6.45, 7) is 7.79. The van der Waals surface area contributed by atoms with Crippen LogP contribution in [0, 0.1) is 0 Å². The van der Waals surface area contributed by atoms with Gasteiger partial charge in [-0.15, -0.1) is 6.54 Å². The van der Waals surface area contributed by atoms with Crippen molar-refractivity contribution in [2.75, 3.05) is 26.2 Å². The van der Waals surface area contributed by atoms with Crippen molar-refractivity contribution >= 4 is 6.41 Å². The average Bonchev–Trinajstić information content (AvgIpc) is 2.38. The van der Waals surface area contributed by atoms with Gasteiger partial charge in [-0.25, -0.2) is 0 Å². The summed E-state index contributed by atoms with van der Waals surface area (Å²) in [6.07, 6.45) is 9.61. The van der Waals surface area contributed by atoms with Gasteiger partial charge in [0.05, 0.1) is 0 Å². The van der Waals surface area contributed by atoms with Crippen molar-refractivity contribution in [2.24, 2.45) is 0 Å². The van der Waals surface area contributed by atoms with Crippen molar-refractivity contribution in [3.05, 3.63) is 5.32 Å². The van der Waals surface area contributed by atoms with E-state index in [0.29, 0.717) is 13.0 Å². The number of carbonyl (C=O) groups excluding carboxylic acids is 1. The Kier molecular flexibility index (Phi) is 19.1. The Labute approximate surface area is 129 Å². The van der Waals surface area contributed by atoms with Crippen LogP contribution in [-0.4, -0.2) is 37.5 Å². The molecule has 0 N–H and O–H groups in total. The van der Waals surface area contributed by atoms with Gasteiger partial charge in [-0.3, -0.25) is 0 Å². The van der Waals surface area contributed by atoms with Crippen LogP contribution in [0.5, 0.6) is 0 Å². The van der Waals surface area contributed by atoms with E-state index in [2.05, 4.69) is 24.1 Å². The molecule has 4 heteroatoms. The molecule has 96 valence electrons. The standard InChI is InChI=1S/C7H16N2O.C6H12.Na/c1-3-9(4-2)6-5-8-7-10;1-2-4-6-5-3-1;/h7H,3-6H2,1-2H3,(H,8,10);1-6H2;/q;;+1/p-1. The Morgan fingerprint density at radius 3 is 1.71 bits per heavy atom. The van der Waals surface area contributed by atoms with E-state index in [4.69, 9.17) is 0 Å². The summed E-state index contributed by atoms with van der Waals surface area (Å²) in [5.74, 6) is 0.